The van der Waals surface area contributed by atoms with E-state index in [2.05, 4.69) is 10.5 Å². The van der Waals surface area contributed by atoms with Crippen molar-refractivity contribution in [2.24, 2.45) is 5.10 Å². The summed E-state index contributed by atoms with van der Waals surface area (Å²) in [7, 11) is 0. The molecule has 0 unspecified atom stereocenters. The highest BCUT2D eigenvalue weighted by Crippen LogP contribution is 2.01. The molecule has 1 aromatic rings. The van der Waals surface area contributed by atoms with E-state index in [1.165, 1.54) is 0 Å². The zero-order valence-corrected chi connectivity index (χ0v) is 7.66. The Bertz CT molecular complexity index is 298. The van der Waals surface area contributed by atoms with Crippen LogP contribution in [0.25, 0.3) is 0 Å². The summed E-state index contributed by atoms with van der Waals surface area (Å²) in [5, 5.41) is 3.80. The van der Waals surface area contributed by atoms with E-state index >= 15 is 0 Å². The molecule has 0 aliphatic heterocycles. The van der Waals surface area contributed by atoms with Crippen molar-refractivity contribution in [1.29, 1.82) is 0 Å². The lowest BCUT2D eigenvalue weighted by atomic mass is 10.1. The molecule has 0 aliphatic carbocycles. The minimum absolute atomic E-state index is 0.269. The molecule has 0 bridgehead atoms. The predicted octanol–water partition coefficient (Wildman–Crippen LogP) is 1.38. The molecule has 1 rings (SSSR count). The fourth-order valence-corrected chi connectivity index (χ4v) is 1.12. The lowest BCUT2D eigenvalue weighted by Crippen LogP contribution is -2.10. The average Bonchev–Trinajstić information content (AvgIpc) is 2.21. The van der Waals surface area contributed by atoms with Gasteiger partial charge in [0.1, 0.15) is 0 Å². The number of alkyl halides is 1. The zero-order chi connectivity index (χ0) is 9.52. The Kier molecular flexibility index (Phi) is 3.99. The lowest BCUT2D eigenvalue weighted by Gasteiger charge is -2.00. The van der Waals surface area contributed by atoms with Crippen molar-refractivity contribution in [3.8, 4) is 0 Å². The Labute approximate surface area is 81.4 Å². The Hall–Kier alpha value is -1.35. The van der Waals surface area contributed by atoms with Gasteiger partial charge in [0.2, 0.25) is 6.41 Å². The third kappa shape index (κ3) is 2.87. The smallest absolute Gasteiger partial charge is 0.227 e. The highest BCUT2D eigenvalue weighted by molar-refractivity contribution is 6.31. The monoisotopic (exact) mass is 196 g/mol. The van der Waals surface area contributed by atoms with E-state index in [0.29, 0.717) is 12.1 Å². The molecule has 13 heavy (non-hydrogen) atoms. The van der Waals surface area contributed by atoms with Gasteiger partial charge >= 0.3 is 0 Å². The van der Waals surface area contributed by atoms with Crippen LogP contribution in [0.3, 0.4) is 0 Å². The zero-order valence-electron chi connectivity index (χ0n) is 6.90. The number of hydrogen-bond acceptors (Lipinski definition) is 2. The van der Waals surface area contributed by atoms with Crippen molar-refractivity contribution in [2.45, 2.75) is 0 Å². The number of nitrogens with one attached hydrogen (secondary N) is 1. The van der Waals surface area contributed by atoms with Gasteiger partial charge in [-0.3, -0.25) is 4.79 Å². The number of rotatable bonds is 4. The second-order valence-corrected chi connectivity index (χ2v) is 2.57. The second kappa shape index (κ2) is 5.32. The molecule has 1 amide bonds. The standard InChI is InChI=1S/C9H9ClN2O/c10-6-9(12-11-7-13)8-4-2-1-3-5-8/h1-5,7H,6H2,(H,11,13)/b12-9+. The number of halogens is 1. The van der Waals surface area contributed by atoms with Gasteiger partial charge in [0, 0.05) is 0 Å². The Morgan fingerprint density at radius 2 is 2.15 bits per heavy atom. The quantitative estimate of drug-likeness (QED) is 0.336. The summed E-state index contributed by atoms with van der Waals surface area (Å²) in [5.41, 5.74) is 3.78. The number of hydrazone groups is 1. The third-order valence-electron chi connectivity index (χ3n) is 1.49. The summed E-state index contributed by atoms with van der Waals surface area (Å²) in [6.07, 6.45) is 0.509. The van der Waals surface area contributed by atoms with Crippen LogP contribution in [0.5, 0.6) is 0 Å². The van der Waals surface area contributed by atoms with Crippen LogP contribution < -0.4 is 5.43 Å². The lowest BCUT2D eigenvalue weighted by molar-refractivity contribution is -0.109. The van der Waals surface area contributed by atoms with Crippen molar-refractivity contribution in [3.63, 3.8) is 0 Å². The molecule has 0 spiro atoms. The number of nitrogens with zero attached hydrogens (tertiary/aromatic N) is 1. The Morgan fingerprint density at radius 1 is 1.46 bits per heavy atom. The molecule has 0 radical (unpaired) electrons. The SMILES string of the molecule is O=CN/N=C(\CCl)c1ccccc1. The fourth-order valence-electron chi connectivity index (χ4n) is 0.906. The van der Waals surface area contributed by atoms with E-state index in [4.69, 9.17) is 11.6 Å². The van der Waals surface area contributed by atoms with Gasteiger partial charge in [-0.2, -0.15) is 5.10 Å². The maximum Gasteiger partial charge on any atom is 0.227 e. The Morgan fingerprint density at radius 3 is 2.69 bits per heavy atom. The average molecular weight is 197 g/mol. The van der Waals surface area contributed by atoms with Crippen molar-refractivity contribution < 1.29 is 4.79 Å². The van der Waals surface area contributed by atoms with Gasteiger partial charge in [-0.05, 0) is 5.56 Å². The molecule has 0 atom stereocenters. The van der Waals surface area contributed by atoms with Crippen LogP contribution in [0.2, 0.25) is 0 Å². The van der Waals surface area contributed by atoms with Crippen LogP contribution >= 0.6 is 11.6 Å². The highest BCUT2D eigenvalue weighted by Gasteiger charge is 1.99. The summed E-state index contributed by atoms with van der Waals surface area (Å²) in [4.78, 5) is 10.00. The van der Waals surface area contributed by atoms with E-state index in [9.17, 15) is 4.79 Å². The van der Waals surface area contributed by atoms with Crippen LogP contribution in [-0.2, 0) is 4.79 Å². The van der Waals surface area contributed by atoms with Gasteiger partial charge in [0.25, 0.3) is 0 Å². The number of benzene rings is 1. The molecule has 0 saturated heterocycles. The molecule has 0 aromatic heterocycles. The molecule has 68 valence electrons. The number of hydrogen-bond donors (Lipinski definition) is 1. The molecule has 0 fully saturated rings. The summed E-state index contributed by atoms with van der Waals surface area (Å²) in [6.45, 7) is 0. The predicted molar refractivity (Wildman–Crippen MR) is 52.9 cm³/mol. The first-order valence-electron chi connectivity index (χ1n) is 3.75. The van der Waals surface area contributed by atoms with E-state index in [-0.39, 0.29) is 5.88 Å². The fraction of sp³-hybridized carbons (Fsp3) is 0.111. The van der Waals surface area contributed by atoms with Crippen molar-refractivity contribution >= 4 is 23.7 Å². The topological polar surface area (TPSA) is 41.5 Å². The maximum absolute atomic E-state index is 10.00. The van der Waals surface area contributed by atoms with Gasteiger partial charge in [-0.25, -0.2) is 5.43 Å². The summed E-state index contributed by atoms with van der Waals surface area (Å²) >= 11 is 5.65. The van der Waals surface area contributed by atoms with Crippen LogP contribution in [0.4, 0.5) is 0 Å². The molecular weight excluding hydrogens is 188 g/mol. The van der Waals surface area contributed by atoms with Gasteiger partial charge in [-0.1, -0.05) is 30.3 Å². The van der Waals surface area contributed by atoms with Gasteiger partial charge < -0.3 is 0 Å². The molecule has 0 heterocycles. The maximum atomic E-state index is 10.00. The summed E-state index contributed by atoms with van der Waals surface area (Å²) in [6, 6.07) is 9.44. The molecular formula is C9H9ClN2O. The minimum atomic E-state index is 0.269. The van der Waals surface area contributed by atoms with Crippen LogP contribution in [0.1, 0.15) is 5.56 Å². The van der Waals surface area contributed by atoms with Gasteiger partial charge in [-0.15, -0.1) is 11.6 Å². The van der Waals surface area contributed by atoms with Crippen LogP contribution in [0, 0.1) is 0 Å². The van der Waals surface area contributed by atoms with E-state index in [1.807, 2.05) is 30.3 Å². The van der Waals surface area contributed by atoms with Crippen LogP contribution in [-0.4, -0.2) is 18.0 Å². The van der Waals surface area contributed by atoms with E-state index in [0.717, 1.165) is 5.56 Å². The van der Waals surface area contributed by atoms with Gasteiger partial charge in [0.05, 0.1) is 11.6 Å². The minimum Gasteiger partial charge on any atom is -0.277 e. The summed E-state index contributed by atoms with van der Waals surface area (Å²) in [5.74, 6) is 0.269. The van der Waals surface area contributed by atoms with Gasteiger partial charge in [0.15, 0.2) is 0 Å². The largest absolute Gasteiger partial charge is 0.277 e. The molecule has 0 aliphatic rings. The van der Waals surface area contributed by atoms with E-state index in [1.54, 1.807) is 0 Å². The van der Waals surface area contributed by atoms with Crippen molar-refractivity contribution in [1.82, 2.24) is 5.43 Å². The Balaban J connectivity index is 2.84. The molecule has 0 saturated carbocycles. The summed E-state index contributed by atoms with van der Waals surface area (Å²) < 4.78 is 0. The van der Waals surface area contributed by atoms with Crippen molar-refractivity contribution in [3.05, 3.63) is 35.9 Å². The third-order valence-corrected chi connectivity index (χ3v) is 1.74. The van der Waals surface area contributed by atoms with E-state index < -0.39 is 0 Å². The molecule has 1 aromatic carbocycles. The first-order valence-corrected chi connectivity index (χ1v) is 4.29. The second-order valence-electron chi connectivity index (χ2n) is 2.31. The number of carbonyl (C=O) groups is 1. The first-order chi connectivity index (χ1) is 6.38. The molecule has 4 heteroatoms. The number of carbonyl (C=O) groups excluding carboxylic acids is 1. The molecule has 1 N–H and O–H groups in total. The normalized spacial score (nSPS) is 11.0. The highest BCUT2D eigenvalue weighted by atomic mass is 35.5. The first kappa shape index (κ1) is 9.74. The number of amides is 1. The van der Waals surface area contributed by atoms with Crippen LogP contribution in [0.15, 0.2) is 35.4 Å². The molecule has 3 nitrogen and oxygen atoms in total. The van der Waals surface area contributed by atoms with Crippen molar-refractivity contribution in [2.75, 3.05) is 5.88 Å².